The summed E-state index contributed by atoms with van der Waals surface area (Å²) in [5.41, 5.74) is 0.811. The van der Waals surface area contributed by atoms with Crippen LogP contribution in [0.15, 0.2) is 24.3 Å². The van der Waals surface area contributed by atoms with Crippen molar-refractivity contribution in [2.45, 2.75) is 58.3 Å². The Morgan fingerprint density at radius 3 is 2.50 bits per heavy atom. The van der Waals surface area contributed by atoms with E-state index in [2.05, 4.69) is 5.32 Å². The molecule has 0 radical (unpaired) electrons. The van der Waals surface area contributed by atoms with Crippen LogP contribution in [-0.2, 0) is 21.1 Å². The standard InChI is InChI=1S/C23H37NO5S/c1-2-3-16-30(27,28)18-21(23(25)26)17-20-7-9-22(10-8-20)29-15-5-4-6-19-11-13-24-14-12-19/h7-10,19,21,24H,2-6,11-18H2,1H3,(H,25,26)/t21-/m0/s1. The fourth-order valence-electron chi connectivity index (χ4n) is 3.87. The number of benzene rings is 1. The van der Waals surface area contributed by atoms with Crippen LogP contribution in [0.3, 0.4) is 0 Å². The lowest BCUT2D eigenvalue weighted by atomic mass is 9.93. The third-order valence-corrected chi connectivity index (χ3v) is 7.57. The van der Waals surface area contributed by atoms with Crippen LogP contribution < -0.4 is 10.1 Å². The first kappa shape index (κ1) is 24.7. The topological polar surface area (TPSA) is 92.7 Å². The molecule has 2 rings (SSSR count). The van der Waals surface area contributed by atoms with Gasteiger partial charge in [0, 0.05) is 0 Å². The Morgan fingerprint density at radius 1 is 1.17 bits per heavy atom. The number of piperidine rings is 1. The first-order chi connectivity index (χ1) is 14.4. The summed E-state index contributed by atoms with van der Waals surface area (Å²) in [5, 5.41) is 12.8. The van der Waals surface area contributed by atoms with Crippen molar-refractivity contribution in [2.24, 2.45) is 11.8 Å². The normalized spacial score (nSPS) is 16.3. The molecule has 170 valence electrons. The van der Waals surface area contributed by atoms with Crippen molar-refractivity contribution in [3.63, 3.8) is 0 Å². The van der Waals surface area contributed by atoms with Crippen LogP contribution in [0.4, 0.5) is 0 Å². The summed E-state index contributed by atoms with van der Waals surface area (Å²) in [6, 6.07) is 7.34. The number of ether oxygens (including phenoxy) is 1. The van der Waals surface area contributed by atoms with E-state index >= 15 is 0 Å². The predicted molar refractivity (Wildman–Crippen MR) is 120 cm³/mol. The van der Waals surface area contributed by atoms with Gasteiger partial charge in [-0.15, -0.1) is 0 Å². The molecule has 0 aromatic heterocycles. The van der Waals surface area contributed by atoms with E-state index in [1.165, 1.54) is 25.7 Å². The summed E-state index contributed by atoms with van der Waals surface area (Å²) >= 11 is 0. The number of sulfone groups is 1. The van der Waals surface area contributed by atoms with E-state index in [1.807, 2.05) is 31.2 Å². The van der Waals surface area contributed by atoms with Crippen LogP contribution in [0, 0.1) is 11.8 Å². The van der Waals surface area contributed by atoms with Crippen LogP contribution in [0.2, 0.25) is 0 Å². The van der Waals surface area contributed by atoms with E-state index in [0.717, 1.165) is 43.2 Å². The summed E-state index contributed by atoms with van der Waals surface area (Å²) in [5.74, 6) is -0.630. The van der Waals surface area contributed by atoms with Gasteiger partial charge in [0.1, 0.15) is 5.75 Å². The van der Waals surface area contributed by atoms with Gasteiger partial charge < -0.3 is 15.2 Å². The van der Waals surface area contributed by atoms with Gasteiger partial charge in [0.2, 0.25) is 0 Å². The Kier molecular flexibility index (Phi) is 10.6. The molecule has 1 aromatic carbocycles. The number of hydrogen-bond donors (Lipinski definition) is 2. The summed E-state index contributed by atoms with van der Waals surface area (Å²) in [7, 11) is -3.35. The highest BCUT2D eigenvalue weighted by molar-refractivity contribution is 7.91. The lowest BCUT2D eigenvalue weighted by Gasteiger charge is -2.22. The number of nitrogens with one attached hydrogen (secondary N) is 1. The summed E-state index contributed by atoms with van der Waals surface area (Å²) in [6.45, 7) is 4.88. The van der Waals surface area contributed by atoms with Crippen molar-refractivity contribution >= 4 is 15.8 Å². The lowest BCUT2D eigenvalue weighted by Crippen LogP contribution is -2.27. The molecule has 1 aliphatic rings. The number of carboxylic acid groups (broad SMARTS) is 1. The molecule has 0 saturated carbocycles. The summed E-state index contributed by atoms with van der Waals surface area (Å²) in [6.07, 6.45) is 7.57. The Hall–Kier alpha value is -1.60. The van der Waals surface area contributed by atoms with E-state index in [9.17, 15) is 18.3 Å². The first-order valence-corrected chi connectivity index (χ1v) is 13.1. The third-order valence-electron chi connectivity index (χ3n) is 5.75. The minimum atomic E-state index is -3.35. The minimum absolute atomic E-state index is 0.0533. The van der Waals surface area contributed by atoms with Crippen LogP contribution >= 0.6 is 0 Å². The van der Waals surface area contributed by atoms with Gasteiger partial charge in [0.15, 0.2) is 9.84 Å². The van der Waals surface area contributed by atoms with E-state index < -0.39 is 21.7 Å². The van der Waals surface area contributed by atoms with Gasteiger partial charge in [-0.1, -0.05) is 31.9 Å². The zero-order chi connectivity index (χ0) is 21.8. The second-order valence-corrected chi connectivity index (χ2v) is 10.6. The molecule has 7 heteroatoms. The molecular formula is C23H37NO5S. The van der Waals surface area contributed by atoms with Crippen LogP contribution in [0.5, 0.6) is 5.75 Å². The van der Waals surface area contributed by atoms with Crippen molar-refractivity contribution in [2.75, 3.05) is 31.2 Å². The van der Waals surface area contributed by atoms with Crippen LogP contribution in [0.25, 0.3) is 0 Å². The monoisotopic (exact) mass is 439 g/mol. The molecule has 1 atom stereocenters. The molecule has 0 unspecified atom stereocenters. The van der Waals surface area contributed by atoms with E-state index in [0.29, 0.717) is 13.0 Å². The predicted octanol–water partition coefficient (Wildman–Crippen LogP) is 3.69. The highest BCUT2D eigenvalue weighted by Gasteiger charge is 2.25. The average Bonchev–Trinajstić information content (AvgIpc) is 2.73. The molecule has 1 aromatic rings. The molecule has 0 spiro atoms. The van der Waals surface area contributed by atoms with Gasteiger partial charge in [0.05, 0.1) is 24.0 Å². The van der Waals surface area contributed by atoms with E-state index in [1.54, 1.807) is 0 Å². The molecule has 0 bridgehead atoms. The van der Waals surface area contributed by atoms with Crippen molar-refractivity contribution in [1.82, 2.24) is 5.32 Å². The number of rotatable bonds is 14. The van der Waals surface area contributed by atoms with Crippen molar-refractivity contribution in [3.05, 3.63) is 29.8 Å². The molecule has 1 saturated heterocycles. The highest BCUT2D eigenvalue weighted by Crippen LogP contribution is 2.20. The first-order valence-electron chi connectivity index (χ1n) is 11.3. The molecule has 2 N–H and O–H groups in total. The van der Waals surface area contributed by atoms with Crippen LogP contribution in [0.1, 0.15) is 57.4 Å². The maximum atomic E-state index is 12.1. The van der Waals surface area contributed by atoms with Gasteiger partial charge in [-0.2, -0.15) is 0 Å². The summed E-state index contributed by atoms with van der Waals surface area (Å²) < 4.78 is 30.1. The SMILES string of the molecule is CCCCS(=O)(=O)C[C@H](Cc1ccc(OCCCCC2CCNCC2)cc1)C(=O)O. The number of carboxylic acids is 1. The third kappa shape index (κ3) is 9.47. The van der Waals surface area contributed by atoms with E-state index in [-0.39, 0.29) is 17.9 Å². The Labute approximate surface area is 181 Å². The quantitative estimate of drug-likeness (QED) is 0.430. The molecule has 6 nitrogen and oxygen atoms in total. The maximum Gasteiger partial charge on any atom is 0.307 e. The number of unbranched alkanes of at least 4 members (excludes halogenated alkanes) is 2. The lowest BCUT2D eigenvalue weighted by molar-refractivity contribution is -0.140. The maximum absolute atomic E-state index is 12.1. The Balaban J connectivity index is 1.74. The molecule has 30 heavy (non-hydrogen) atoms. The summed E-state index contributed by atoms with van der Waals surface area (Å²) in [4.78, 5) is 11.5. The number of hydrogen-bond acceptors (Lipinski definition) is 5. The number of carbonyl (C=O) groups is 1. The second kappa shape index (κ2) is 13.0. The molecular weight excluding hydrogens is 402 g/mol. The van der Waals surface area contributed by atoms with Crippen LogP contribution in [-0.4, -0.2) is 50.7 Å². The van der Waals surface area contributed by atoms with Gasteiger partial charge in [-0.25, -0.2) is 8.42 Å². The second-order valence-electron chi connectivity index (χ2n) is 8.39. The zero-order valence-corrected chi connectivity index (χ0v) is 19.0. The highest BCUT2D eigenvalue weighted by atomic mass is 32.2. The van der Waals surface area contributed by atoms with Gasteiger partial charge in [0.25, 0.3) is 0 Å². The minimum Gasteiger partial charge on any atom is -0.494 e. The van der Waals surface area contributed by atoms with Crippen molar-refractivity contribution in [3.8, 4) is 5.75 Å². The molecule has 1 heterocycles. The molecule has 0 aliphatic carbocycles. The molecule has 1 fully saturated rings. The van der Waals surface area contributed by atoms with Gasteiger partial charge >= 0.3 is 5.97 Å². The molecule has 0 amide bonds. The molecule has 1 aliphatic heterocycles. The largest absolute Gasteiger partial charge is 0.494 e. The zero-order valence-electron chi connectivity index (χ0n) is 18.1. The smallest absolute Gasteiger partial charge is 0.307 e. The Bertz CT molecular complexity index is 726. The fourth-order valence-corrected chi connectivity index (χ4v) is 5.64. The van der Waals surface area contributed by atoms with Crippen molar-refractivity contribution < 1.29 is 23.1 Å². The fraction of sp³-hybridized carbons (Fsp3) is 0.696. The van der Waals surface area contributed by atoms with Gasteiger partial charge in [-0.3, -0.25) is 4.79 Å². The van der Waals surface area contributed by atoms with E-state index in [4.69, 9.17) is 4.74 Å². The average molecular weight is 440 g/mol. The van der Waals surface area contributed by atoms with Gasteiger partial charge in [-0.05, 0) is 75.2 Å². The number of aliphatic carboxylic acids is 1. The van der Waals surface area contributed by atoms with Crippen molar-refractivity contribution in [1.29, 1.82) is 0 Å². The Morgan fingerprint density at radius 2 is 1.87 bits per heavy atom.